The van der Waals surface area contributed by atoms with E-state index in [4.69, 9.17) is 10.5 Å². The topological polar surface area (TPSA) is 68.4 Å². The first-order chi connectivity index (χ1) is 6.29. The van der Waals surface area contributed by atoms with Crippen molar-refractivity contribution < 1.29 is 9.84 Å². The predicted molar refractivity (Wildman–Crippen MR) is 49.4 cm³/mol. The van der Waals surface area contributed by atoms with Gasteiger partial charge >= 0.3 is 0 Å². The van der Waals surface area contributed by atoms with Crippen LogP contribution in [0.3, 0.4) is 0 Å². The minimum atomic E-state index is -0.699. The molecular formula is C9H14N2O2. The summed E-state index contributed by atoms with van der Waals surface area (Å²) in [6.45, 7) is 2.62. The van der Waals surface area contributed by atoms with E-state index in [2.05, 4.69) is 4.98 Å². The van der Waals surface area contributed by atoms with E-state index >= 15 is 0 Å². The monoisotopic (exact) mass is 182 g/mol. The lowest BCUT2D eigenvalue weighted by Gasteiger charge is -2.12. The molecule has 4 nitrogen and oxygen atoms in total. The lowest BCUT2D eigenvalue weighted by Crippen LogP contribution is -2.13. The quantitative estimate of drug-likeness (QED) is 0.710. The maximum absolute atomic E-state index is 9.49. The molecule has 1 aromatic heterocycles. The maximum atomic E-state index is 9.49. The minimum Gasteiger partial charge on any atom is -0.493 e. The Hall–Kier alpha value is -1.13. The van der Waals surface area contributed by atoms with Gasteiger partial charge in [-0.2, -0.15) is 0 Å². The molecular weight excluding hydrogens is 168 g/mol. The van der Waals surface area contributed by atoms with Crippen LogP contribution in [0.2, 0.25) is 0 Å². The number of nitrogens with zero attached hydrogens (tertiary/aromatic N) is 1. The first kappa shape index (κ1) is 9.95. The van der Waals surface area contributed by atoms with Crippen molar-refractivity contribution in [3.63, 3.8) is 0 Å². The van der Waals surface area contributed by atoms with Crippen molar-refractivity contribution in [2.75, 3.05) is 13.2 Å². The average molecular weight is 182 g/mol. The van der Waals surface area contributed by atoms with Crippen LogP contribution < -0.4 is 10.5 Å². The van der Waals surface area contributed by atoms with Crippen molar-refractivity contribution in [3.05, 3.63) is 24.0 Å². The third-order valence-electron chi connectivity index (χ3n) is 1.69. The Morgan fingerprint density at radius 1 is 1.69 bits per heavy atom. The van der Waals surface area contributed by atoms with Gasteiger partial charge in [0.25, 0.3) is 0 Å². The standard InChI is InChI=1S/C9H14N2O2/c1-2-13-9-3-4-11-6-7(9)8(12)5-10/h3-4,6,8,12H,2,5,10H2,1H3. The van der Waals surface area contributed by atoms with Gasteiger partial charge < -0.3 is 15.6 Å². The maximum Gasteiger partial charge on any atom is 0.128 e. The lowest BCUT2D eigenvalue weighted by atomic mass is 10.1. The Kier molecular flexibility index (Phi) is 3.67. The molecule has 0 aromatic carbocycles. The van der Waals surface area contributed by atoms with E-state index in [1.165, 1.54) is 0 Å². The van der Waals surface area contributed by atoms with E-state index in [0.29, 0.717) is 17.9 Å². The number of ether oxygens (including phenoxy) is 1. The van der Waals surface area contributed by atoms with Crippen molar-refractivity contribution in [2.24, 2.45) is 5.73 Å². The molecule has 1 aromatic rings. The van der Waals surface area contributed by atoms with E-state index in [1.807, 2.05) is 6.92 Å². The van der Waals surface area contributed by atoms with Gasteiger partial charge in [0, 0.05) is 24.5 Å². The summed E-state index contributed by atoms with van der Waals surface area (Å²) < 4.78 is 5.30. The first-order valence-electron chi connectivity index (χ1n) is 4.24. The second-order valence-corrected chi connectivity index (χ2v) is 2.60. The van der Waals surface area contributed by atoms with Crippen molar-refractivity contribution in [3.8, 4) is 5.75 Å². The summed E-state index contributed by atoms with van der Waals surface area (Å²) in [6.07, 6.45) is 2.50. The van der Waals surface area contributed by atoms with Crippen molar-refractivity contribution in [2.45, 2.75) is 13.0 Å². The summed E-state index contributed by atoms with van der Waals surface area (Å²) in [5.41, 5.74) is 5.98. The summed E-state index contributed by atoms with van der Waals surface area (Å²) in [7, 11) is 0. The highest BCUT2D eigenvalue weighted by molar-refractivity contribution is 5.32. The summed E-state index contributed by atoms with van der Waals surface area (Å²) in [4.78, 5) is 3.90. The van der Waals surface area contributed by atoms with E-state index in [-0.39, 0.29) is 6.54 Å². The van der Waals surface area contributed by atoms with Crippen LogP contribution in [-0.4, -0.2) is 23.2 Å². The van der Waals surface area contributed by atoms with E-state index in [0.717, 1.165) is 0 Å². The number of hydrogen-bond acceptors (Lipinski definition) is 4. The van der Waals surface area contributed by atoms with Crippen LogP contribution in [0.4, 0.5) is 0 Å². The van der Waals surface area contributed by atoms with Crippen LogP contribution in [0.1, 0.15) is 18.6 Å². The molecule has 72 valence electrons. The van der Waals surface area contributed by atoms with Gasteiger partial charge in [-0.05, 0) is 13.0 Å². The smallest absolute Gasteiger partial charge is 0.128 e. The molecule has 3 N–H and O–H groups in total. The molecule has 0 aliphatic carbocycles. The molecule has 1 heterocycles. The first-order valence-corrected chi connectivity index (χ1v) is 4.24. The van der Waals surface area contributed by atoms with Crippen molar-refractivity contribution in [1.82, 2.24) is 4.98 Å². The molecule has 1 atom stereocenters. The molecule has 0 saturated heterocycles. The number of hydrogen-bond donors (Lipinski definition) is 2. The van der Waals surface area contributed by atoms with Gasteiger partial charge in [0.15, 0.2) is 0 Å². The molecule has 0 bridgehead atoms. The van der Waals surface area contributed by atoms with E-state index < -0.39 is 6.10 Å². The van der Waals surface area contributed by atoms with Crippen LogP contribution in [0.15, 0.2) is 18.5 Å². The summed E-state index contributed by atoms with van der Waals surface area (Å²) in [5, 5.41) is 9.49. The number of aliphatic hydroxyl groups is 1. The molecule has 0 spiro atoms. The Labute approximate surface area is 77.4 Å². The molecule has 0 amide bonds. The zero-order valence-corrected chi connectivity index (χ0v) is 7.60. The predicted octanol–water partition coefficient (Wildman–Crippen LogP) is 0.472. The number of pyridine rings is 1. The Morgan fingerprint density at radius 2 is 2.46 bits per heavy atom. The van der Waals surface area contributed by atoms with Crippen LogP contribution in [0, 0.1) is 0 Å². The Balaban J connectivity index is 2.90. The second kappa shape index (κ2) is 4.79. The largest absolute Gasteiger partial charge is 0.493 e. The molecule has 13 heavy (non-hydrogen) atoms. The summed E-state index contributed by atoms with van der Waals surface area (Å²) in [5.74, 6) is 0.649. The fourth-order valence-corrected chi connectivity index (χ4v) is 1.06. The Bertz CT molecular complexity index is 266. The van der Waals surface area contributed by atoms with Crippen molar-refractivity contribution in [1.29, 1.82) is 0 Å². The number of aromatic nitrogens is 1. The number of aliphatic hydroxyl groups excluding tert-OH is 1. The van der Waals surface area contributed by atoms with Crippen LogP contribution >= 0.6 is 0 Å². The van der Waals surface area contributed by atoms with E-state index in [1.54, 1.807) is 18.5 Å². The van der Waals surface area contributed by atoms with Crippen molar-refractivity contribution >= 4 is 0 Å². The Morgan fingerprint density at radius 3 is 3.08 bits per heavy atom. The van der Waals surface area contributed by atoms with Gasteiger partial charge in [0.1, 0.15) is 5.75 Å². The normalized spacial score (nSPS) is 12.5. The third kappa shape index (κ3) is 2.40. The zero-order valence-electron chi connectivity index (χ0n) is 7.60. The highest BCUT2D eigenvalue weighted by Gasteiger charge is 2.11. The number of nitrogens with two attached hydrogens (primary N) is 1. The van der Waals surface area contributed by atoms with Gasteiger partial charge in [0.2, 0.25) is 0 Å². The molecule has 0 saturated carbocycles. The van der Waals surface area contributed by atoms with Crippen LogP contribution in [-0.2, 0) is 0 Å². The fraction of sp³-hybridized carbons (Fsp3) is 0.444. The molecule has 4 heteroatoms. The molecule has 1 unspecified atom stereocenters. The van der Waals surface area contributed by atoms with Gasteiger partial charge in [-0.3, -0.25) is 4.98 Å². The SMILES string of the molecule is CCOc1ccncc1C(O)CN. The summed E-state index contributed by atoms with van der Waals surface area (Å²) >= 11 is 0. The van der Waals surface area contributed by atoms with Gasteiger partial charge in [-0.15, -0.1) is 0 Å². The lowest BCUT2D eigenvalue weighted by molar-refractivity contribution is 0.180. The second-order valence-electron chi connectivity index (χ2n) is 2.60. The highest BCUT2D eigenvalue weighted by atomic mass is 16.5. The third-order valence-corrected chi connectivity index (χ3v) is 1.69. The molecule has 0 fully saturated rings. The van der Waals surface area contributed by atoms with Gasteiger partial charge in [-0.25, -0.2) is 0 Å². The molecule has 0 aliphatic rings. The molecule has 1 rings (SSSR count). The highest BCUT2D eigenvalue weighted by Crippen LogP contribution is 2.22. The van der Waals surface area contributed by atoms with Crippen LogP contribution in [0.5, 0.6) is 5.75 Å². The van der Waals surface area contributed by atoms with Gasteiger partial charge in [0.05, 0.1) is 12.7 Å². The minimum absolute atomic E-state index is 0.172. The zero-order chi connectivity index (χ0) is 9.68. The average Bonchev–Trinajstić information content (AvgIpc) is 2.18. The summed E-state index contributed by atoms with van der Waals surface area (Å²) in [6, 6.07) is 1.72. The fourth-order valence-electron chi connectivity index (χ4n) is 1.06. The molecule has 0 radical (unpaired) electrons. The van der Waals surface area contributed by atoms with E-state index in [9.17, 15) is 5.11 Å². The van der Waals surface area contributed by atoms with Crippen LogP contribution in [0.25, 0.3) is 0 Å². The van der Waals surface area contributed by atoms with Gasteiger partial charge in [-0.1, -0.05) is 0 Å². The number of rotatable bonds is 4. The molecule has 0 aliphatic heterocycles.